The number of aromatic nitrogens is 4. The van der Waals surface area contributed by atoms with Crippen molar-refractivity contribution in [2.75, 3.05) is 32.8 Å². The fourth-order valence-electron chi connectivity index (χ4n) is 10.0. The molecule has 1 atom stereocenters. The summed E-state index contributed by atoms with van der Waals surface area (Å²) in [4.78, 5) is 42.5. The van der Waals surface area contributed by atoms with Crippen LogP contribution < -0.4 is 0 Å². The van der Waals surface area contributed by atoms with E-state index in [1.165, 1.54) is 95.6 Å². The zero-order valence-electron chi connectivity index (χ0n) is 38.3. The first-order valence-corrected chi connectivity index (χ1v) is 27.6. The quantitative estimate of drug-likeness (QED) is 0.0469. The Hall–Kier alpha value is -3.56. The van der Waals surface area contributed by atoms with E-state index < -0.39 is 26.5 Å². The molecule has 62 heavy (non-hydrogen) atoms. The van der Waals surface area contributed by atoms with Crippen LogP contribution in [0, 0.1) is 5.41 Å². The van der Waals surface area contributed by atoms with Gasteiger partial charge < -0.3 is 33.0 Å². The van der Waals surface area contributed by atoms with E-state index in [1.807, 2.05) is 23.2 Å². The predicted octanol–water partition coefficient (Wildman–Crippen LogP) is 8.98. The number of nitrogens with zero attached hydrogens (tertiary/aromatic N) is 7. The molecule has 4 fully saturated rings. The summed E-state index contributed by atoms with van der Waals surface area (Å²) in [6, 6.07) is 11.1. The standard InChI is InChI=1S/C48H75N7O6Si/c1-39(60-47(57)61-43-13-9-6-10-14-43)59-46(56)19-25-54-29-23-49-44(54)35-52(36-45-50-24-30-55(45)38-58-31-32-62(2,3)4)34-41-17-15-40(16-18-41)33-51-26-20-48(37-51)21-27-53(28-22-48)42-11-7-5-8-12-42/h15-18,23-24,29-30,39,42-43H,5-14,19-22,25-28,31-38H2,1-4H3. The van der Waals surface area contributed by atoms with Gasteiger partial charge >= 0.3 is 12.1 Å². The minimum absolute atomic E-state index is 0.104. The lowest BCUT2D eigenvalue weighted by molar-refractivity contribution is -0.169. The molecule has 4 heterocycles. The SMILES string of the molecule is CC(OC(=O)CCn1ccnc1CN(Cc1ccc(CN2CCC3(CCN(C4CCCCC4)CC3)C2)cc1)Cc1nccn1COCC[Si](C)(C)C)OC(=O)OC1CCCCC1. The number of carbonyl (C=O) groups excluding carboxylic acids is 2. The summed E-state index contributed by atoms with van der Waals surface area (Å²) in [7, 11) is -1.20. The van der Waals surface area contributed by atoms with Crippen molar-refractivity contribution in [3.05, 3.63) is 71.8 Å². The summed E-state index contributed by atoms with van der Waals surface area (Å²) >= 11 is 0. The van der Waals surface area contributed by atoms with Crippen molar-refractivity contribution in [1.82, 2.24) is 33.8 Å². The summed E-state index contributed by atoms with van der Waals surface area (Å²) in [6.45, 7) is 18.1. The Kier molecular flexibility index (Phi) is 16.8. The van der Waals surface area contributed by atoms with Crippen LogP contribution in [0.15, 0.2) is 49.1 Å². The van der Waals surface area contributed by atoms with Gasteiger partial charge in [-0.2, -0.15) is 0 Å². The summed E-state index contributed by atoms with van der Waals surface area (Å²) in [5, 5.41) is 0. The predicted molar refractivity (Wildman–Crippen MR) is 243 cm³/mol. The molecule has 13 nitrogen and oxygen atoms in total. The molecule has 0 amide bonds. The Labute approximate surface area is 371 Å². The fourth-order valence-corrected chi connectivity index (χ4v) is 10.8. The Morgan fingerprint density at radius 3 is 2.13 bits per heavy atom. The summed E-state index contributed by atoms with van der Waals surface area (Å²) in [5.74, 6) is 1.31. The van der Waals surface area contributed by atoms with Gasteiger partial charge in [0.25, 0.3) is 0 Å². The molecule has 3 aromatic rings. The lowest BCUT2D eigenvalue weighted by Crippen LogP contribution is -2.46. The van der Waals surface area contributed by atoms with Gasteiger partial charge in [-0.25, -0.2) is 14.8 Å². The summed E-state index contributed by atoms with van der Waals surface area (Å²) in [5.41, 5.74) is 3.09. The highest BCUT2D eigenvalue weighted by Gasteiger charge is 2.41. The number of carbonyl (C=O) groups is 2. The van der Waals surface area contributed by atoms with Crippen molar-refractivity contribution in [2.24, 2.45) is 5.41 Å². The molecule has 14 heteroatoms. The maximum Gasteiger partial charge on any atom is 0.511 e. The highest BCUT2D eigenvalue weighted by molar-refractivity contribution is 6.76. The molecule has 2 saturated carbocycles. The highest BCUT2D eigenvalue weighted by Crippen LogP contribution is 2.42. The number of aryl methyl sites for hydroxylation is 1. The number of imidazole rings is 2. The van der Waals surface area contributed by atoms with Crippen LogP contribution in [0.25, 0.3) is 0 Å². The van der Waals surface area contributed by atoms with Crippen LogP contribution in [0.1, 0.15) is 120 Å². The molecule has 0 bridgehead atoms. The zero-order chi connectivity index (χ0) is 43.4. The Morgan fingerprint density at radius 2 is 1.44 bits per heavy atom. The maximum atomic E-state index is 12.9. The van der Waals surface area contributed by atoms with Crippen molar-refractivity contribution in [3.63, 3.8) is 0 Å². The van der Waals surface area contributed by atoms with Crippen molar-refractivity contribution < 1.29 is 28.5 Å². The molecule has 2 aromatic heterocycles. The molecule has 0 radical (unpaired) electrons. The van der Waals surface area contributed by atoms with E-state index >= 15 is 0 Å². The average molecular weight is 874 g/mol. The van der Waals surface area contributed by atoms with Crippen LogP contribution in [0.4, 0.5) is 4.79 Å². The second-order valence-electron chi connectivity index (χ2n) is 20.0. The van der Waals surface area contributed by atoms with Crippen LogP contribution in [0.5, 0.6) is 0 Å². The normalized spacial score (nSPS) is 19.9. The van der Waals surface area contributed by atoms with Crippen molar-refractivity contribution in [1.29, 1.82) is 0 Å². The first-order chi connectivity index (χ1) is 30.0. The number of hydrogen-bond acceptors (Lipinski definition) is 11. The third kappa shape index (κ3) is 14.2. The molecule has 7 rings (SSSR count). The van der Waals surface area contributed by atoms with Crippen LogP contribution in [-0.2, 0) is 63.2 Å². The summed E-state index contributed by atoms with van der Waals surface area (Å²) in [6.07, 6.45) is 21.7. The number of piperidine rings is 1. The molecule has 342 valence electrons. The molecular formula is C48H75N7O6Si. The second-order valence-corrected chi connectivity index (χ2v) is 25.6. The van der Waals surface area contributed by atoms with Gasteiger partial charge in [-0.3, -0.25) is 14.6 Å². The van der Waals surface area contributed by atoms with Gasteiger partial charge in [0.2, 0.25) is 6.29 Å². The Bertz CT molecular complexity index is 1820. The fraction of sp³-hybridized carbons (Fsp3) is 0.708. The van der Waals surface area contributed by atoms with E-state index in [0.717, 1.165) is 69.0 Å². The number of ether oxygens (including phenoxy) is 4. The molecule has 4 aliphatic rings. The van der Waals surface area contributed by atoms with Gasteiger partial charge in [0.05, 0.1) is 19.5 Å². The van der Waals surface area contributed by atoms with Crippen LogP contribution >= 0.6 is 0 Å². The van der Waals surface area contributed by atoms with Gasteiger partial charge in [0, 0.05) is 78.6 Å². The monoisotopic (exact) mass is 874 g/mol. The van der Waals surface area contributed by atoms with E-state index in [4.69, 9.17) is 28.9 Å². The van der Waals surface area contributed by atoms with E-state index in [1.54, 1.807) is 6.20 Å². The minimum Gasteiger partial charge on any atom is -0.431 e. The maximum absolute atomic E-state index is 12.9. The minimum atomic E-state index is -1.20. The van der Waals surface area contributed by atoms with Crippen molar-refractivity contribution in [2.45, 2.75) is 180 Å². The number of rotatable bonds is 20. The second kappa shape index (κ2) is 22.4. The highest BCUT2D eigenvalue weighted by atomic mass is 28.3. The van der Waals surface area contributed by atoms with Crippen LogP contribution in [0.3, 0.4) is 0 Å². The summed E-state index contributed by atoms with van der Waals surface area (Å²) < 4.78 is 26.3. The third-order valence-electron chi connectivity index (χ3n) is 13.8. The van der Waals surface area contributed by atoms with E-state index in [9.17, 15) is 9.59 Å². The molecule has 1 aromatic carbocycles. The van der Waals surface area contributed by atoms with Gasteiger partial charge in [-0.1, -0.05) is 69.6 Å². The van der Waals surface area contributed by atoms with Crippen LogP contribution in [-0.4, -0.2) is 105 Å². The largest absolute Gasteiger partial charge is 0.511 e. The lowest BCUT2D eigenvalue weighted by Gasteiger charge is -2.43. The smallest absolute Gasteiger partial charge is 0.431 e. The van der Waals surface area contributed by atoms with Crippen LogP contribution in [0.2, 0.25) is 25.7 Å². The first kappa shape index (κ1) is 46.4. The number of likely N-dealkylation sites (tertiary alicyclic amines) is 2. The van der Waals surface area contributed by atoms with Crippen molar-refractivity contribution in [3.8, 4) is 0 Å². The molecule has 2 saturated heterocycles. The molecule has 1 spiro atoms. The van der Waals surface area contributed by atoms with E-state index in [2.05, 4.69) is 63.2 Å². The van der Waals surface area contributed by atoms with Gasteiger partial charge in [-0.05, 0) is 100 Å². The Balaban J connectivity index is 0.934. The van der Waals surface area contributed by atoms with E-state index in [-0.39, 0.29) is 12.5 Å². The molecule has 1 unspecified atom stereocenters. The topological polar surface area (TPSA) is 116 Å². The van der Waals surface area contributed by atoms with Gasteiger partial charge in [0.15, 0.2) is 0 Å². The van der Waals surface area contributed by atoms with Gasteiger partial charge in [0.1, 0.15) is 24.5 Å². The molecule has 2 aliphatic heterocycles. The first-order valence-electron chi connectivity index (χ1n) is 23.9. The van der Waals surface area contributed by atoms with Gasteiger partial charge in [-0.15, -0.1) is 0 Å². The zero-order valence-corrected chi connectivity index (χ0v) is 39.3. The van der Waals surface area contributed by atoms with Crippen molar-refractivity contribution >= 4 is 20.2 Å². The molecular weight excluding hydrogens is 799 g/mol. The average Bonchev–Trinajstić information content (AvgIpc) is 4.00. The number of esters is 1. The van der Waals surface area contributed by atoms with E-state index in [0.29, 0.717) is 38.3 Å². The third-order valence-corrected chi connectivity index (χ3v) is 15.5. The number of benzene rings is 1. The number of hydrogen-bond donors (Lipinski definition) is 0. The molecule has 0 N–H and O–H groups in total. The molecule has 2 aliphatic carbocycles. The lowest BCUT2D eigenvalue weighted by atomic mass is 9.77. The Morgan fingerprint density at radius 1 is 0.806 bits per heavy atom.